The zero-order valence-electron chi connectivity index (χ0n) is 9.94. The molecule has 2 aromatic rings. The van der Waals surface area contributed by atoms with Gasteiger partial charge in [-0.15, -0.1) is 11.3 Å². The van der Waals surface area contributed by atoms with Crippen molar-refractivity contribution in [2.24, 2.45) is 0 Å². The Kier molecular flexibility index (Phi) is 5.34. The lowest BCUT2D eigenvalue weighted by atomic mass is 10.1. The second-order valence-electron chi connectivity index (χ2n) is 3.87. The second-order valence-corrected chi connectivity index (χ2v) is 4.78. The summed E-state index contributed by atoms with van der Waals surface area (Å²) in [6.45, 7) is 4.47. The maximum absolute atomic E-state index is 8.35. The van der Waals surface area contributed by atoms with Crippen molar-refractivity contribution in [1.82, 2.24) is 0 Å². The summed E-state index contributed by atoms with van der Waals surface area (Å²) >= 11 is 1.83. The van der Waals surface area contributed by atoms with Crippen LogP contribution in [0.1, 0.15) is 25.3 Å². The maximum atomic E-state index is 8.35. The van der Waals surface area contributed by atoms with E-state index >= 15 is 0 Å². The molecule has 0 spiro atoms. The van der Waals surface area contributed by atoms with Crippen molar-refractivity contribution in [3.63, 3.8) is 0 Å². The van der Waals surface area contributed by atoms with Crippen LogP contribution in [0, 0.1) is 5.41 Å². The number of hydrogen-bond donors (Lipinski definition) is 1. The summed E-state index contributed by atoms with van der Waals surface area (Å²) < 4.78 is 0. The van der Waals surface area contributed by atoms with Crippen LogP contribution in [0.4, 0.5) is 0 Å². The first-order valence-corrected chi connectivity index (χ1v) is 6.24. The van der Waals surface area contributed by atoms with Crippen molar-refractivity contribution >= 4 is 17.4 Å². The SMILES string of the molecule is CC(C)c1csc(-c2ccccc2)c1.N=C=O. The Morgan fingerprint density at radius 2 is 1.82 bits per heavy atom. The average molecular weight is 245 g/mol. The molecule has 0 aliphatic heterocycles. The van der Waals surface area contributed by atoms with Gasteiger partial charge in [-0.1, -0.05) is 44.2 Å². The van der Waals surface area contributed by atoms with E-state index in [0.717, 1.165) is 6.08 Å². The Hall–Kier alpha value is -1.70. The summed E-state index contributed by atoms with van der Waals surface area (Å²) in [6, 6.07) is 12.9. The number of nitrogens with one attached hydrogen (secondary N) is 1. The summed E-state index contributed by atoms with van der Waals surface area (Å²) in [6.07, 6.45) is 0.750. The fraction of sp³-hybridized carbons (Fsp3) is 0.214. The lowest BCUT2D eigenvalue weighted by molar-refractivity contribution is 0.563. The van der Waals surface area contributed by atoms with Gasteiger partial charge in [0.1, 0.15) is 0 Å². The molecule has 2 nitrogen and oxygen atoms in total. The number of benzene rings is 1. The lowest BCUT2D eigenvalue weighted by Gasteiger charge is -1.98. The number of isocyanates is 1. The standard InChI is InChI=1S/C13H14S.CHNO/c1-10(2)12-8-13(14-9-12)11-6-4-3-5-7-11;2-1-3/h3-10H,1-2H3;2H. The van der Waals surface area contributed by atoms with Crippen LogP contribution in [-0.4, -0.2) is 6.08 Å². The van der Waals surface area contributed by atoms with Crippen LogP contribution in [0.5, 0.6) is 0 Å². The van der Waals surface area contributed by atoms with Gasteiger partial charge in [0.25, 0.3) is 0 Å². The topological polar surface area (TPSA) is 40.9 Å². The van der Waals surface area contributed by atoms with Crippen LogP contribution < -0.4 is 0 Å². The Morgan fingerprint density at radius 1 is 1.24 bits per heavy atom. The Labute approximate surface area is 105 Å². The highest BCUT2D eigenvalue weighted by atomic mass is 32.1. The number of hydrogen-bond acceptors (Lipinski definition) is 3. The molecular formula is C14H15NOS. The van der Waals surface area contributed by atoms with Crippen LogP contribution >= 0.6 is 11.3 Å². The van der Waals surface area contributed by atoms with Crippen molar-refractivity contribution in [2.75, 3.05) is 0 Å². The molecular weight excluding hydrogens is 230 g/mol. The monoisotopic (exact) mass is 245 g/mol. The molecule has 0 aliphatic carbocycles. The molecule has 0 amide bonds. The molecule has 0 saturated carbocycles. The molecule has 1 heterocycles. The predicted molar refractivity (Wildman–Crippen MR) is 72.3 cm³/mol. The van der Waals surface area contributed by atoms with Gasteiger partial charge in [0.2, 0.25) is 6.08 Å². The summed E-state index contributed by atoms with van der Waals surface area (Å²) in [5, 5.41) is 7.66. The van der Waals surface area contributed by atoms with Crippen molar-refractivity contribution in [1.29, 1.82) is 5.41 Å². The van der Waals surface area contributed by atoms with Gasteiger partial charge in [0, 0.05) is 4.88 Å². The fourth-order valence-corrected chi connectivity index (χ4v) is 2.49. The molecule has 17 heavy (non-hydrogen) atoms. The van der Waals surface area contributed by atoms with E-state index < -0.39 is 0 Å². The molecule has 3 heteroatoms. The highest BCUT2D eigenvalue weighted by Gasteiger charge is 2.04. The minimum Gasteiger partial charge on any atom is -0.222 e. The van der Waals surface area contributed by atoms with Crippen LogP contribution in [0.25, 0.3) is 10.4 Å². The van der Waals surface area contributed by atoms with Gasteiger partial charge in [0.15, 0.2) is 0 Å². The van der Waals surface area contributed by atoms with Gasteiger partial charge in [-0.25, -0.2) is 10.2 Å². The van der Waals surface area contributed by atoms with E-state index in [0.29, 0.717) is 5.92 Å². The summed E-state index contributed by atoms with van der Waals surface area (Å²) in [4.78, 5) is 9.72. The van der Waals surface area contributed by atoms with E-state index in [-0.39, 0.29) is 0 Å². The number of thiophene rings is 1. The van der Waals surface area contributed by atoms with Crippen LogP contribution in [0.3, 0.4) is 0 Å². The first-order valence-electron chi connectivity index (χ1n) is 5.36. The third kappa shape index (κ3) is 3.99. The molecule has 0 radical (unpaired) electrons. The first-order chi connectivity index (χ1) is 8.19. The summed E-state index contributed by atoms with van der Waals surface area (Å²) in [5.41, 5.74) is 2.76. The van der Waals surface area contributed by atoms with Gasteiger partial charge < -0.3 is 0 Å². The minimum atomic E-state index is 0.628. The van der Waals surface area contributed by atoms with Gasteiger partial charge in [-0.05, 0) is 28.5 Å². The van der Waals surface area contributed by atoms with E-state index in [9.17, 15) is 0 Å². The third-order valence-corrected chi connectivity index (χ3v) is 3.34. The molecule has 0 bridgehead atoms. The van der Waals surface area contributed by atoms with Crippen molar-refractivity contribution < 1.29 is 4.79 Å². The first kappa shape index (κ1) is 13.4. The Morgan fingerprint density at radius 3 is 2.29 bits per heavy atom. The highest BCUT2D eigenvalue weighted by Crippen LogP contribution is 2.30. The second kappa shape index (κ2) is 6.79. The molecule has 0 atom stereocenters. The van der Waals surface area contributed by atoms with Gasteiger partial charge in [0.05, 0.1) is 0 Å². The van der Waals surface area contributed by atoms with Gasteiger partial charge in [-0.2, -0.15) is 0 Å². The van der Waals surface area contributed by atoms with Gasteiger partial charge in [-0.3, -0.25) is 0 Å². The zero-order chi connectivity index (χ0) is 12.7. The molecule has 0 saturated heterocycles. The third-order valence-electron chi connectivity index (χ3n) is 2.34. The van der Waals surface area contributed by atoms with Crippen LogP contribution in [0.2, 0.25) is 0 Å². The Bertz CT molecular complexity index is 482. The van der Waals surface area contributed by atoms with Crippen LogP contribution in [-0.2, 0) is 4.79 Å². The van der Waals surface area contributed by atoms with Gasteiger partial charge >= 0.3 is 0 Å². The molecule has 88 valence electrons. The van der Waals surface area contributed by atoms with Crippen molar-refractivity contribution in [3.8, 4) is 10.4 Å². The largest absolute Gasteiger partial charge is 0.231 e. The molecule has 2 rings (SSSR count). The van der Waals surface area contributed by atoms with E-state index in [1.807, 2.05) is 11.3 Å². The summed E-state index contributed by atoms with van der Waals surface area (Å²) in [5.74, 6) is 0.628. The highest BCUT2D eigenvalue weighted by molar-refractivity contribution is 7.13. The average Bonchev–Trinajstić information content (AvgIpc) is 2.80. The summed E-state index contributed by atoms with van der Waals surface area (Å²) in [7, 11) is 0. The molecule has 0 unspecified atom stereocenters. The number of carbonyl (C=O) groups excluding carboxylic acids is 1. The molecule has 1 aromatic heterocycles. The fourth-order valence-electron chi connectivity index (χ4n) is 1.41. The zero-order valence-corrected chi connectivity index (χ0v) is 10.8. The normalized spacial score (nSPS) is 9.35. The molecule has 1 aromatic carbocycles. The van der Waals surface area contributed by atoms with E-state index in [2.05, 4.69) is 55.6 Å². The number of rotatable bonds is 2. The quantitative estimate of drug-likeness (QED) is 0.616. The molecule has 0 fully saturated rings. The Balaban J connectivity index is 0.000000437. The van der Waals surface area contributed by atoms with Crippen molar-refractivity contribution in [3.05, 3.63) is 47.3 Å². The van der Waals surface area contributed by atoms with Crippen LogP contribution in [0.15, 0.2) is 41.8 Å². The predicted octanol–water partition coefficient (Wildman–Crippen LogP) is 4.44. The minimum absolute atomic E-state index is 0.628. The van der Waals surface area contributed by atoms with E-state index in [1.54, 1.807) is 0 Å². The lowest BCUT2D eigenvalue weighted by Crippen LogP contribution is -1.80. The van der Waals surface area contributed by atoms with E-state index in [1.165, 1.54) is 16.0 Å². The maximum Gasteiger partial charge on any atom is 0.231 e. The smallest absolute Gasteiger partial charge is 0.222 e. The molecule has 0 aliphatic rings. The molecule has 1 N–H and O–H groups in total. The van der Waals surface area contributed by atoms with Crippen molar-refractivity contribution in [2.45, 2.75) is 19.8 Å². The van der Waals surface area contributed by atoms with E-state index in [4.69, 9.17) is 10.2 Å².